The van der Waals surface area contributed by atoms with Crippen molar-refractivity contribution in [1.29, 1.82) is 0 Å². The van der Waals surface area contributed by atoms with Gasteiger partial charge in [0.2, 0.25) is 11.8 Å². The number of anilines is 1. The van der Waals surface area contributed by atoms with E-state index in [9.17, 15) is 19.2 Å². The highest BCUT2D eigenvalue weighted by molar-refractivity contribution is 5.95. The molecule has 2 heterocycles. The monoisotopic (exact) mass is 472 g/mol. The molecule has 1 aromatic carbocycles. The summed E-state index contributed by atoms with van der Waals surface area (Å²) in [4.78, 5) is 53.3. The Morgan fingerprint density at radius 2 is 1.79 bits per heavy atom. The average molecular weight is 473 g/mol. The molecule has 0 spiro atoms. The van der Waals surface area contributed by atoms with Gasteiger partial charge in [0, 0.05) is 37.4 Å². The Kier molecular flexibility index (Phi) is 8.90. The van der Waals surface area contributed by atoms with Crippen LogP contribution < -0.4 is 10.6 Å². The van der Waals surface area contributed by atoms with Crippen molar-refractivity contribution >= 4 is 29.4 Å². The van der Waals surface area contributed by atoms with Crippen molar-refractivity contribution in [3.8, 4) is 0 Å². The van der Waals surface area contributed by atoms with Gasteiger partial charge in [-0.05, 0) is 48.9 Å². The molecule has 1 atom stereocenters. The number of hydrogen-bond acceptors (Lipinski definition) is 6. The number of carbonyl (C=O) groups is 4. The van der Waals surface area contributed by atoms with Crippen LogP contribution in [0.1, 0.15) is 50.4 Å². The third-order valence-corrected chi connectivity index (χ3v) is 6.24. The van der Waals surface area contributed by atoms with E-state index in [0.717, 1.165) is 25.9 Å². The normalized spacial score (nSPS) is 19.1. The first-order valence-corrected chi connectivity index (χ1v) is 12.1. The highest BCUT2D eigenvalue weighted by Crippen LogP contribution is 2.19. The van der Waals surface area contributed by atoms with E-state index < -0.39 is 12.0 Å². The minimum atomic E-state index is -0.880. The van der Waals surface area contributed by atoms with Gasteiger partial charge in [-0.2, -0.15) is 0 Å². The lowest BCUT2D eigenvalue weighted by Crippen LogP contribution is -2.58. The van der Waals surface area contributed by atoms with Crippen molar-refractivity contribution in [2.45, 2.75) is 46.1 Å². The first kappa shape index (κ1) is 25.5. The third-order valence-electron chi connectivity index (χ3n) is 6.24. The second kappa shape index (κ2) is 11.9. The van der Waals surface area contributed by atoms with Crippen LogP contribution in [0.3, 0.4) is 0 Å². The Bertz CT molecular complexity index is 878. The number of likely N-dealkylation sites (tertiary alicyclic amines) is 1. The van der Waals surface area contributed by atoms with Gasteiger partial charge in [0.25, 0.3) is 5.91 Å². The maximum Gasteiger partial charge on any atom is 0.308 e. The van der Waals surface area contributed by atoms with Crippen molar-refractivity contribution in [2.75, 3.05) is 44.6 Å². The predicted octanol–water partition coefficient (Wildman–Crippen LogP) is 1.89. The smallest absolute Gasteiger partial charge is 0.308 e. The van der Waals surface area contributed by atoms with Gasteiger partial charge in [0.05, 0.1) is 19.6 Å². The van der Waals surface area contributed by atoms with Crippen LogP contribution >= 0.6 is 0 Å². The fourth-order valence-corrected chi connectivity index (χ4v) is 4.10. The summed E-state index contributed by atoms with van der Waals surface area (Å²) in [5.74, 6) is -0.248. The lowest BCUT2D eigenvalue weighted by molar-refractivity contribution is -0.152. The number of nitrogens with zero attached hydrogens (tertiary/aromatic N) is 2. The van der Waals surface area contributed by atoms with Crippen LogP contribution in [-0.2, 0) is 19.1 Å². The first-order chi connectivity index (χ1) is 16.2. The molecule has 2 saturated heterocycles. The molecule has 1 aromatic rings. The van der Waals surface area contributed by atoms with Crippen molar-refractivity contribution in [2.24, 2.45) is 11.8 Å². The summed E-state index contributed by atoms with van der Waals surface area (Å²) in [5.41, 5.74) is 1.32. The maximum absolute atomic E-state index is 12.9. The van der Waals surface area contributed by atoms with Crippen LogP contribution in [0.5, 0.6) is 0 Å². The Labute approximate surface area is 201 Å². The summed E-state index contributed by atoms with van der Waals surface area (Å²) in [6, 6.07) is 6.19. The molecule has 3 rings (SSSR count). The Morgan fingerprint density at radius 3 is 2.44 bits per heavy atom. The number of piperazine rings is 1. The van der Waals surface area contributed by atoms with Crippen molar-refractivity contribution in [1.82, 2.24) is 15.1 Å². The van der Waals surface area contributed by atoms with E-state index in [-0.39, 0.29) is 43.2 Å². The molecule has 0 aromatic heterocycles. The van der Waals surface area contributed by atoms with Crippen molar-refractivity contribution in [3.05, 3.63) is 29.8 Å². The summed E-state index contributed by atoms with van der Waals surface area (Å²) in [5, 5.41) is 5.77. The zero-order chi connectivity index (χ0) is 24.7. The molecule has 9 heteroatoms. The van der Waals surface area contributed by atoms with E-state index in [1.165, 1.54) is 4.90 Å². The third kappa shape index (κ3) is 6.95. The first-order valence-electron chi connectivity index (χ1n) is 12.1. The van der Waals surface area contributed by atoms with Gasteiger partial charge in [-0.1, -0.05) is 20.8 Å². The zero-order valence-corrected chi connectivity index (χ0v) is 20.3. The molecular weight excluding hydrogens is 436 g/mol. The average Bonchev–Trinajstić information content (AvgIpc) is 2.83. The van der Waals surface area contributed by atoms with Gasteiger partial charge in [-0.15, -0.1) is 0 Å². The van der Waals surface area contributed by atoms with Crippen molar-refractivity contribution < 1.29 is 23.9 Å². The molecule has 0 radical (unpaired) electrons. The molecule has 186 valence electrons. The van der Waals surface area contributed by atoms with Crippen LogP contribution in [0.4, 0.5) is 5.69 Å². The number of amides is 3. The van der Waals surface area contributed by atoms with E-state index in [4.69, 9.17) is 4.74 Å². The lowest BCUT2D eigenvalue weighted by Gasteiger charge is -2.34. The molecule has 2 N–H and O–H groups in total. The Morgan fingerprint density at radius 1 is 1.12 bits per heavy atom. The number of piperidine rings is 1. The quantitative estimate of drug-likeness (QED) is 0.560. The lowest BCUT2D eigenvalue weighted by atomic mass is 9.98. The number of nitrogens with one attached hydrogen (secondary N) is 2. The largest absolute Gasteiger partial charge is 0.465 e. The summed E-state index contributed by atoms with van der Waals surface area (Å²) in [7, 11) is 0. The van der Waals surface area contributed by atoms with E-state index in [1.807, 2.05) is 18.7 Å². The molecule has 0 aliphatic carbocycles. The minimum absolute atomic E-state index is 0.0257. The molecule has 2 aliphatic rings. The summed E-state index contributed by atoms with van der Waals surface area (Å²) < 4.78 is 5.19. The molecule has 9 nitrogen and oxygen atoms in total. The van der Waals surface area contributed by atoms with Crippen LogP contribution in [0.25, 0.3) is 0 Å². The van der Waals surface area contributed by atoms with Crippen molar-refractivity contribution in [3.63, 3.8) is 0 Å². The SMILES string of the molecule is CC(C)COC(=O)CC1C(=O)NCCN1C(=O)CNc1ccc(C(=O)N2CCC(C)CC2)cc1. The highest BCUT2D eigenvalue weighted by atomic mass is 16.5. The molecule has 3 amide bonds. The van der Waals surface area contributed by atoms with Crippen LogP contribution in [0, 0.1) is 11.8 Å². The van der Waals surface area contributed by atoms with Crippen LogP contribution in [0.15, 0.2) is 24.3 Å². The fraction of sp³-hybridized carbons (Fsp3) is 0.600. The Hall–Kier alpha value is -3.10. The molecule has 2 fully saturated rings. The topological polar surface area (TPSA) is 108 Å². The number of carbonyl (C=O) groups excluding carboxylic acids is 4. The summed E-state index contributed by atoms with van der Waals surface area (Å²) >= 11 is 0. The Balaban J connectivity index is 1.53. The van der Waals surface area contributed by atoms with E-state index >= 15 is 0 Å². The fourth-order valence-electron chi connectivity index (χ4n) is 4.10. The molecular formula is C25H36N4O5. The number of hydrogen-bond donors (Lipinski definition) is 2. The number of esters is 1. The zero-order valence-electron chi connectivity index (χ0n) is 20.3. The number of ether oxygens (including phenoxy) is 1. The van der Waals surface area contributed by atoms with Crippen LogP contribution in [-0.4, -0.2) is 78.9 Å². The molecule has 0 bridgehead atoms. The van der Waals surface area contributed by atoms with E-state index in [2.05, 4.69) is 17.6 Å². The second-order valence-corrected chi connectivity index (χ2v) is 9.58. The van der Waals surface area contributed by atoms with E-state index in [1.54, 1.807) is 24.3 Å². The molecule has 1 unspecified atom stereocenters. The van der Waals surface area contributed by atoms with Gasteiger partial charge < -0.3 is 25.2 Å². The van der Waals surface area contributed by atoms with Gasteiger partial charge in [-0.25, -0.2) is 0 Å². The minimum Gasteiger partial charge on any atom is -0.465 e. The van der Waals surface area contributed by atoms with Crippen LogP contribution in [0.2, 0.25) is 0 Å². The number of rotatable bonds is 8. The maximum atomic E-state index is 12.9. The highest BCUT2D eigenvalue weighted by Gasteiger charge is 2.35. The van der Waals surface area contributed by atoms with Gasteiger partial charge in [-0.3, -0.25) is 19.2 Å². The summed E-state index contributed by atoms with van der Waals surface area (Å²) in [6.45, 7) is 8.55. The standard InChI is InChI=1S/C25H36N4O5/c1-17(2)16-34-23(31)14-21-24(32)26-10-13-29(21)22(30)15-27-20-6-4-19(5-7-20)25(33)28-11-8-18(3)9-12-28/h4-7,17-18,21,27H,8-16H2,1-3H3,(H,26,32). The summed E-state index contributed by atoms with van der Waals surface area (Å²) in [6.07, 6.45) is 1.88. The molecule has 34 heavy (non-hydrogen) atoms. The molecule has 0 saturated carbocycles. The van der Waals surface area contributed by atoms with Gasteiger partial charge in [0.15, 0.2) is 0 Å². The number of benzene rings is 1. The predicted molar refractivity (Wildman–Crippen MR) is 128 cm³/mol. The molecule has 2 aliphatic heterocycles. The van der Waals surface area contributed by atoms with Gasteiger partial charge in [0.1, 0.15) is 6.04 Å². The van der Waals surface area contributed by atoms with E-state index in [0.29, 0.717) is 30.3 Å². The van der Waals surface area contributed by atoms with Gasteiger partial charge >= 0.3 is 5.97 Å². The second-order valence-electron chi connectivity index (χ2n) is 9.58.